The van der Waals surface area contributed by atoms with E-state index < -0.39 is 0 Å². The fraction of sp³-hybridized carbons (Fsp3) is 0.143. The van der Waals surface area contributed by atoms with E-state index in [0.29, 0.717) is 6.73 Å². The molecule has 0 unspecified atom stereocenters. The predicted molar refractivity (Wildman–Crippen MR) is 66.8 cm³/mol. The summed E-state index contributed by atoms with van der Waals surface area (Å²) >= 11 is 0. The summed E-state index contributed by atoms with van der Waals surface area (Å²) in [7, 11) is 2.01. The van der Waals surface area contributed by atoms with Crippen LogP contribution in [0.4, 0.5) is 5.69 Å². The van der Waals surface area contributed by atoms with Crippen LogP contribution in [0.25, 0.3) is 0 Å². The molecule has 0 aliphatic heterocycles. The van der Waals surface area contributed by atoms with Gasteiger partial charge in [0.25, 0.3) is 0 Å². The number of nitrogens with zero attached hydrogens (tertiary/aromatic N) is 1. The molecule has 0 amide bonds. The van der Waals surface area contributed by atoms with E-state index in [1.807, 2.05) is 55.6 Å². The van der Waals surface area contributed by atoms with Crippen molar-refractivity contribution in [3.63, 3.8) is 0 Å². The number of rotatable bonds is 4. The van der Waals surface area contributed by atoms with Crippen LogP contribution in [0.5, 0.6) is 5.75 Å². The molecule has 0 atom stereocenters. The molecule has 2 nitrogen and oxygen atoms in total. The van der Waals surface area contributed by atoms with E-state index >= 15 is 0 Å². The summed E-state index contributed by atoms with van der Waals surface area (Å²) in [5.74, 6) is 0.894. The van der Waals surface area contributed by atoms with Crippen molar-refractivity contribution in [3.05, 3.63) is 60.7 Å². The highest BCUT2D eigenvalue weighted by molar-refractivity contribution is 5.44. The Morgan fingerprint density at radius 1 is 0.875 bits per heavy atom. The van der Waals surface area contributed by atoms with E-state index in [-0.39, 0.29) is 0 Å². The Balaban J connectivity index is 1.92. The normalized spacial score (nSPS) is 9.81. The SMILES string of the molecule is CN(COc1ccccc1)c1ccccc1. The fourth-order valence-corrected chi connectivity index (χ4v) is 1.45. The van der Waals surface area contributed by atoms with Crippen LogP contribution < -0.4 is 9.64 Å². The highest BCUT2D eigenvalue weighted by Gasteiger charge is 1.99. The molecule has 2 rings (SSSR count). The van der Waals surface area contributed by atoms with Crippen molar-refractivity contribution < 1.29 is 4.74 Å². The predicted octanol–water partition coefficient (Wildman–Crippen LogP) is 3.16. The zero-order chi connectivity index (χ0) is 11.2. The fourth-order valence-electron chi connectivity index (χ4n) is 1.45. The third-order valence-corrected chi connectivity index (χ3v) is 2.37. The van der Waals surface area contributed by atoms with Crippen LogP contribution in [-0.2, 0) is 0 Å². The summed E-state index contributed by atoms with van der Waals surface area (Å²) in [6.45, 7) is 0.550. The third kappa shape index (κ3) is 2.76. The maximum atomic E-state index is 5.65. The second-order valence-electron chi connectivity index (χ2n) is 3.62. The Hall–Kier alpha value is -1.96. The summed E-state index contributed by atoms with van der Waals surface area (Å²) in [6, 6.07) is 20.0. The minimum atomic E-state index is 0.550. The van der Waals surface area contributed by atoms with Crippen molar-refractivity contribution in [2.24, 2.45) is 0 Å². The average Bonchev–Trinajstić information content (AvgIpc) is 2.38. The van der Waals surface area contributed by atoms with Crippen molar-refractivity contribution in [1.82, 2.24) is 0 Å². The zero-order valence-electron chi connectivity index (χ0n) is 9.34. The van der Waals surface area contributed by atoms with Gasteiger partial charge in [-0.15, -0.1) is 0 Å². The molecule has 82 valence electrons. The third-order valence-electron chi connectivity index (χ3n) is 2.37. The first-order chi connectivity index (χ1) is 7.86. The molecule has 0 aliphatic carbocycles. The minimum Gasteiger partial charge on any atom is -0.473 e. The van der Waals surface area contributed by atoms with Crippen LogP contribution in [0.3, 0.4) is 0 Å². The molecule has 0 heterocycles. The first kappa shape index (κ1) is 10.6. The van der Waals surface area contributed by atoms with Crippen LogP contribution in [0.2, 0.25) is 0 Å². The molecule has 0 aliphatic rings. The highest BCUT2D eigenvalue weighted by Crippen LogP contribution is 2.13. The molecule has 0 saturated carbocycles. The van der Waals surface area contributed by atoms with E-state index in [1.54, 1.807) is 0 Å². The smallest absolute Gasteiger partial charge is 0.161 e. The van der Waals surface area contributed by atoms with Crippen molar-refractivity contribution in [3.8, 4) is 5.75 Å². The molecule has 0 aromatic heterocycles. The lowest BCUT2D eigenvalue weighted by molar-refractivity contribution is 0.321. The number of benzene rings is 2. The Labute approximate surface area is 96.1 Å². The number of anilines is 1. The lowest BCUT2D eigenvalue weighted by atomic mass is 10.3. The van der Waals surface area contributed by atoms with E-state index in [1.165, 1.54) is 0 Å². The number of para-hydroxylation sites is 2. The van der Waals surface area contributed by atoms with E-state index in [9.17, 15) is 0 Å². The lowest BCUT2D eigenvalue weighted by Gasteiger charge is -2.19. The Kier molecular flexibility index (Phi) is 3.44. The van der Waals surface area contributed by atoms with Gasteiger partial charge in [-0.2, -0.15) is 0 Å². The standard InChI is InChI=1S/C14H15NO/c1-15(13-8-4-2-5-9-13)12-16-14-10-6-3-7-11-14/h2-11H,12H2,1H3. The van der Waals surface area contributed by atoms with Gasteiger partial charge in [0.1, 0.15) is 5.75 Å². The van der Waals surface area contributed by atoms with Gasteiger partial charge in [-0.3, -0.25) is 0 Å². The number of hydrogen-bond donors (Lipinski definition) is 0. The largest absolute Gasteiger partial charge is 0.473 e. The molecule has 0 saturated heterocycles. The maximum Gasteiger partial charge on any atom is 0.161 e. The van der Waals surface area contributed by atoms with Crippen LogP contribution in [0, 0.1) is 0 Å². The van der Waals surface area contributed by atoms with Crippen molar-refractivity contribution >= 4 is 5.69 Å². The molecule has 0 fully saturated rings. The summed E-state index contributed by atoms with van der Waals surface area (Å²) in [4.78, 5) is 2.06. The van der Waals surface area contributed by atoms with Gasteiger partial charge in [0.05, 0.1) is 0 Å². The van der Waals surface area contributed by atoms with Gasteiger partial charge >= 0.3 is 0 Å². The molecule has 0 spiro atoms. The Morgan fingerprint density at radius 3 is 2.06 bits per heavy atom. The van der Waals surface area contributed by atoms with Gasteiger partial charge in [0.15, 0.2) is 6.73 Å². The first-order valence-electron chi connectivity index (χ1n) is 5.30. The van der Waals surface area contributed by atoms with E-state index in [2.05, 4.69) is 17.0 Å². The molecular weight excluding hydrogens is 198 g/mol. The van der Waals surface area contributed by atoms with Crippen LogP contribution in [0.1, 0.15) is 0 Å². The zero-order valence-corrected chi connectivity index (χ0v) is 9.34. The Morgan fingerprint density at radius 2 is 1.44 bits per heavy atom. The highest BCUT2D eigenvalue weighted by atomic mass is 16.5. The van der Waals surface area contributed by atoms with Crippen LogP contribution >= 0.6 is 0 Å². The summed E-state index contributed by atoms with van der Waals surface area (Å²) in [5.41, 5.74) is 1.15. The summed E-state index contributed by atoms with van der Waals surface area (Å²) < 4.78 is 5.65. The molecule has 0 radical (unpaired) electrons. The van der Waals surface area contributed by atoms with Gasteiger partial charge in [-0.05, 0) is 24.3 Å². The molecule has 2 heteroatoms. The van der Waals surface area contributed by atoms with Crippen molar-refractivity contribution in [2.75, 3.05) is 18.7 Å². The topological polar surface area (TPSA) is 12.5 Å². The summed E-state index contributed by atoms with van der Waals surface area (Å²) in [5, 5.41) is 0. The second-order valence-corrected chi connectivity index (χ2v) is 3.62. The number of hydrogen-bond acceptors (Lipinski definition) is 2. The van der Waals surface area contributed by atoms with E-state index in [4.69, 9.17) is 4.74 Å². The second kappa shape index (κ2) is 5.21. The molecule has 2 aromatic rings. The quantitative estimate of drug-likeness (QED) is 0.723. The molecule has 0 N–H and O–H groups in total. The van der Waals surface area contributed by atoms with Crippen molar-refractivity contribution in [2.45, 2.75) is 0 Å². The molecule has 2 aromatic carbocycles. The van der Waals surface area contributed by atoms with Gasteiger partial charge < -0.3 is 9.64 Å². The van der Waals surface area contributed by atoms with Gasteiger partial charge in [-0.25, -0.2) is 0 Å². The molecule has 16 heavy (non-hydrogen) atoms. The van der Waals surface area contributed by atoms with Crippen LogP contribution in [-0.4, -0.2) is 13.8 Å². The summed E-state index contributed by atoms with van der Waals surface area (Å²) in [6.07, 6.45) is 0. The van der Waals surface area contributed by atoms with E-state index in [0.717, 1.165) is 11.4 Å². The monoisotopic (exact) mass is 213 g/mol. The van der Waals surface area contributed by atoms with Crippen molar-refractivity contribution in [1.29, 1.82) is 0 Å². The lowest BCUT2D eigenvalue weighted by Crippen LogP contribution is -2.22. The average molecular weight is 213 g/mol. The maximum absolute atomic E-state index is 5.65. The Bertz CT molecular complexity index is 413. The van der Waals surface area contributed by atoms with Gasteiger partial charge in [0.2, 0.25) is 0 Å². The van der Waals surface area contributed by atoms with Gasteiger partial charge in [0, 0.05) is 12.7 Å². The van der Waals surface area contributed by atoms with Crippen LogP contribution in [0.15, 0.2) is 60.7 Å². The molecular formula is C14H15NO. The number of ether oxygens (including phenoxy) is 1. The minimum absolute atomic E-state index is 0.550. The molecule has 0 bridgehead atoms. The first-order valence-corrected chi connectivity index (χ1v) is 5.30. The van der Waals surface area contributed by atoms with Gasteiger partial charge in [-0.1, -0.05) is 36.4 Å².